The van der Waals surface area contributed by atoms with Gasteiger partial charge in [-0.15, -0.1) is 0 Å². The predicted octanol–water partition coefficient (Wildman–Crippen LogP) is 1.51. The minimum absolute atomic E-state index is 0.0878. The van der Waals surface area contributed by atoms with Crippen molar-refractivity contribution in [3.05, 3.63) is 35.4 Å². The number of likely N-dealkylation sites (tertiary alicyclic amines) is 1. The van der Waals surface area contributed by atoms with Crippen molar-refractivity contribution in [2.24, 2.45) is 5.73 Å². The number of carbonyl (C=O) groups excluding carboxylic acids is 1. The number of nitrogens with two attached hydrogens (primary N) is 1. The van der Waals surface area contributed by atoms with Crippen molar-refractivity contribution in [2.75, 3.05) is 19.8 Å². The summed E-state index contributed by atoms with van der Waals surface area (Å²) in [4.78, 5) is 13.5. The van der Waals surface area contributed by atoms with Gasteiger partial charge in [-0.05, 0) is 37.1 Å². The van der Waals surface area contributed by atoms with Crippen LogP contribution in [0.5, 0.6) is 0 Å². The lowest BCUT2D eigenvalue weighted by Gasteiger charge is -2.38. The van der Waals surface area contributed by atoms with Crippen molar-refractivity contribution in [1.82, 2.24) is 4.90 Å². The number of primary amides is 1. The molecule has 1 amide bonds. The topological polar surface area (TPSA) is 64.8 Å². The Bertz CT molecular complexity index is 483. The van der Waals surface area contributed by atoms with Crippen LogP contribution in [-0.2, 0) is 16.0 Å². The van der Waals surface area contributed by atoms with Gasteiger partial charge in [-0.3, -0.25) is 9.69 Å². The highest BCUT2D eigenvalue weighted by Gasteiger charge is 2.33. The molecule has 1 aromatic rings. The van der Waals surface area contributed by atoms with E-state index in [2.05, 4.69) is 4.90 Å². The lowest BCUT2D eigenvalue weighted by atomic mass is 10.0. The molecule has 2 fully saturated rings. The second-order valence-electron chi connectivity index (χ2n) is 5.70. The van der Waals surface area contributed by atoms with Crippen molar-refractivity contribution in [1.29, 1.82) is 0 Å². The zero-order valence-corrected chi connectivity index (χ0v) is 12.2. The van der Waals surface area contributed by atoms with Gasteiger partial charge >= 0.3 is 0 Å². The van der Waals surface area contributed by atoms with E-state index < -0.39 is 0 Å². The second kappa shape index (κ2) is 6.56. The number of carbonyl (C=O) groups is 1. The maximum atomic E-state index is 11.1. The molecule has 0 bridgehead atoms. The first kappa shape index (κ1) is 14.5. The van der Waals surface area contributed by atoms with Crippen LogP contribution in [0.4, 0.5) is 0 Å². The number of hydrogen-bond donors (Lipinski definition) is 1. The fraction of sp³-hybridized carbons (Fsp3) is 0.562. The standard InChI is InChI=1S/C16H22N2O3/c17-15(19)13-6-4-12(5-7-13)11-18-8-2-1-3-14(18)16-20-9-10-21-16/h4-7,14,16H,1-3,8-11H2,(H2,17,19)/t14-/m1/s1. The highest BCUT2D eigenvalue weighted by molar-refractivity contribution is 5.92. The number of nitrogens with zero attached hydrogens (tertiary/aromatic N) is 1. The molecule has 2 saturated heterocycles. The molecule has 5 nitrogen and oxygen atoms in total. The van der Waals surface area contributed by atoms with Gasteiger partial charge in [0.25, 0.3) is 0 Å². The number of hydrogen-bond acceptors (Lipinski definition) is 4. The molecule has 2 N–H and O–H groups in total. The third-order valence-corrected chi connectivity index (χ3v) is 4.25. The summed E-state index contributed by atoms with van der Waals surface area (Å²) in [6.45, 7) is 3.31. The molecule has 2 heterocycles. The minimum atomic E-state index is -0.384. The van der Waals surface area contributed by atoms with E-state index in [1.807, 2.05) is 12.1 Å². The molecule has 1 atom stereocenters. The van der Waals surface area contributed by atoms with Crippen LogP contribution in [0.1, 0.15) is 35.2 Å². The lowest BCUT2D eigenvalue weighted by molar-refractivity contribution is -0.111. The molecule has 1 aromatic carbocycles. The molecule has 0 aliphatic carbocycles. The Balaban J connectivity index is 1.67. The van der Waals surface area contributed by atoms with E-state index >= 15 is 0 Å². The smallest absolute Gasteiger partial charge is 0.248 e. The van der Waals surface area contributed by atoms with Crippen molar-refractivity contribution in [2.45, 2.75) is 38.1 Å². The molecule has 0 aromatic heterocycles. The van der Waals surface area contributed by atoms with Crippen LogP contribution >= 0.6 is 0 Å². The largest absolute Gasteiger partial charge is 0.366 e. The van der Waals surface area contributed by atoms with Gasteiger partial charge < -0.3 is 15.2 Å². The molecule has 2 aliphatic rings. The van der Waals surface area contributed by atoms with E-state index in [0.29, 0.717) is 24.8 Å². The molecule has 0 radical (unpaired) electrons. The number of amides is 1. The van der Waals surface area contributed by atoms with Gasteiger partial charge in [0.1, 0.15) is 0 Å². The maximum absolute atomic E-state index is 11.1. The molecule has 3 rings (SSSR count). The number of ether oxygens (including phenoxy) is 2. The SMILES string of the molecule is NC(=O)c1ccc(CN2CCCC[C@@H]2C2OCCO2)cc1. The van der Waals surface area contributed by atoms with Crippen molar-refractivity contribution in [3.63, 3.8) is 0 Å². The molecule has 0 spiro atoms. The van der Waals surface area contributed by atoms with Gasteiger partial charge in [0.2, 0.25) is 5.91 Å². The van der Waals surface area contributed by atoms with Gasteiger partial charge in [-0.1, -0.05) is 18.6 Å². The molecule has 114 valence electrons. The van der Waals surface area contributed by atoms with E-state index in [1.165, 1.54) is 18.4 Å². The van der Waals surface area contributed by atoms with Gasteiger partial charge in [-0.25, -0.2) is 0 Å². The Morgan fingerprint density at radius 2 is 1.90 bits per heavy atom. The summed E-state index contributed by atoms with van der Waals surface area (Å²) in [6, 6.07) is 7.86. The van der Waals surface area contributed by atoms with Gasteiger partial charge in [0, 0.05) is 12.1 Å². The summed E-state index contributed by atoms with van der Waals surface area (Å²) < 4.78 is 11.4. The Morgan fingerprint density at radius 3 is 2.57 bits per heavy atom. The van der Waals surface area contributed by atoms with E-state index in [1.54, 1.807) is 12.1 Å². The van der Waals surface area contributed by atoms with Crippen LogP contribution in [0.25, 0.3) is 0 Å². The molecular weight excluding hydrogens is 268 g/mol. The molecule has 5 heteroatoms. The first-order valence-electron chi connectivity index (χ1n) is 7.60. The minimum Gasteiger partial charge on any atom is -0.366 e. The van der Waals surface area contributed by atoms with Gasteiger partial charge in [-0.2, -0.15) is 0 Å². The fourth-order valence-corrected chi connectivity index (χ4v) is 3.13. The van der Waals surface area contributed by atoms with Crippen LogP contribution in [-0.4, -0.2) is 42.9 Å². The van der Waals surface area contributed by atoms with E-state index in [9.17, 15) is 4.79 Å². The molecular formula is C16H22N2O3. The summed E-state index contributed by atoms with van der Waals surface area (Å²) >= 11 is 0. The average Bonchev–Trinajstić information content (AvgIpc) is 3.02. The van der Waals surface area contributed by atoms with Crippen LogP contribution in [0.2, 0.25) is 0 Å². The first-order valence-corrected chi connectivity index (χ1v) is 7.60. The first-order chi connectivity index (χ1) is 10.2. The lowest BCUT2D eigenvalue weighted by Crippen LogP contribution is -2.46. The summed E-state index contributed by atoms with van der Waals surface area (Å²) in [7, 11) is 0. The van der Waals surface area contributed by atoms with Crippen LogP contribution in [0.3, 0.4) is 0 Å². The monoisotopic (exact) mass is 290 g/mol. The number of benzene rings is 1. The normalized spacial score (nSPS) is 24.3. The average molecular weight is 290 g/mol. The van der Waals surface area contributed by atoms with Crippen molar-refractivity contribution >= 4 is 5.91 Å². The third-order valence-electron chi connectivity index (χ3n) is 4.25. The van der Waals surface area contributed by atoms with Crippen molar-refractivity contribution < 1.29 is 14.3 Å². The number of rotatable bonds is 4. The summed E-state index contributed by atoms with van der Waals surface area (Å²) in [5, 5.41) is 0. The van der Waals surface area contributed by atoms with Crippen LogP contribution in [0, 0.1) is 0 Å². The fourth-order valence-electron chi connectivity index (χ4n) is 3.13. The molecule has 0 unspecified atom stereocenters. The molecule has 0 saturated carbocycles. The van der Waals surface area contributed by atoms with Crippen LogP contribution < -0.4 is 5.73 Å². The van der Waals surface area contributed by atoms with E-state index in [0.717, 1.165) is 19.5 Å². The Kier molecular flexibility index (Phi) is 4.53. The summed E-state index contributed by atoms with van der Waals surface area (Å²) in [5.74, 6) is -0.384. The predicted molar refractivity (Wildman–Crippen MR) is 78.7 cm³/mol. The third kappa shape index (κ3) is 3.43. The zero-order valence-electron chi connectivity index (χ0n) is 12.2. The quantitative estimate of drug-likeness (QED) is 0.913. The summed E-state index contributed by atoms with van der Waals surface area (Å²) in [5.41, 5.74) is 7.01. The van der Waals surface area contributed by atoms with Crippen molar-refractivity contribution in [3.8, 4) is 0 Å². The Morgan fingerprint density at radius 1 is 1.19 bits per heavy atom. The molecule has 21 heavy (non-hydrogen) atoms. The van der Waals surface area contributed by atoms with Gasteiger partial charge in [0.15, 0.2) is 6.29 Å². The maximum Gasteiger partial charge on any atom is 0.248 e. The van der Waals surface area contributed by atoms with Gasteiger partial charge in [0.05, 0.1) is 19.3 Å². The van der Waals surface area contributed by atoms with E-state index in [-0.39, 0.29) is 12.2 Å². The highest BCUT2D eigenvalue weighted by atomic mass is 16.7. The number of piperidine rings is 1. The Labute approximate surface area is 125 Å². The Hall–Kier alpha value is -1.43. The van der Waals surface area contributed by atoms with Crippen LogP contribution in [0.15, 0.2) is 24.3 Å². The highest BCUT2D eigenvalue weighted by Crippen LogP contribution is 2.26. The molecule has 2 aliphatic heterocycles. The second-order valence-corrected chi connectivity index (χ2v) is 5.70. The summed E-state index contributed by atoms with van der Waals surface area (Å²) in [6.07, 6.45) is 3.47. The zero-order chi connectivity index (χ0) is 14.7. The van der Waals surface area contributed by atoms with E-state index in [4.69, 9.17) is 15.2 Å².